The third-order valence-electron chi connectivity index (χ3n) is 5.74. The van der Waals surface area contributed by atoms with Gasteiger partial charge in [0.25, 0.3) is 17.3 Å². The van der Waals surface area contributed by atoms with Gasteiger partial charge < -0.3 is 9.47 Å². The number of thiophene rings is 1. The first-order valence-corrected chi connectivity index (χ1v) is 10.4. The van der Waals surface area contributed by atoms with Crippen molar-refractivity contribution in [1.29, 1.82) is 0 Å². The van der Waals surface area contributed by atoms with Crippen LogP contribution in [0.5, 0.6) is 0 Å². The molecule has 1 aliphatic carbocycles. The minimum Gasteiger partial charge on any atom is -0.344 e. The Kier molecular flexibility index (Phi) is 4.80. The zero-order valence-electron chi connectivity index (χ0n) is 16.1. The van der Waals surface area contributed by atoms with Gasteiger partial charge in [0.05, 0.1) is 44.8 Å². The van der Waals surface area contributed by atoms with Crippen LogP contribution in [0.1, 0.15) is 20.0 Å². The molecular weight excluding hydrogens is 444 g/mol. The summed E-state index contributed by atoms with van der Waals surface area (Å²) in [4.78, 5) is 46.5. The minimum absolute atomic E-state index is 0.0144. The van der Waals surface area contributed by atoms with Gasteiger partial charge in [0, 0.05) is 29.9 Å². The normalized spacial score (nSPS) is 28.8. The van der Waals surface area contributed by atoms with Crippen LogP contribution in [0.3, 0.4) is 0 Å². The maximum Gasteiger partial charge on any atom is 0.277 e. The van der Waals surface area contributed by atoms with Crippen molar-refractivity contribution >= 4 is 40.1 Å². The summed E-state index contributed by atoms with van der Waals surface area (Å²) in [5, 5.41) is 28.0. The molecule has 1 saturated carbocycles. The first-order chi connectivity index (χ1) is 15.3. The Morgan fingerprint density at radius 1 is 1.16 bits per heavy atom. The lowest BCUT2D eigenvalue weighted by atomic mass is 10.1. The zero-order valence-corrected chi connectivity index (χ0v) is 16.9. The maximum absolute atomic E-state index is 12.9. The number of nitro benzene ring substituents is 2. The number of hydrogen-bond acceptors (Lipinski definition) is 10. The number of fused-ring (bicyclic) bond motifs is 4. The van der Waals surface area contributed by atoms with Gasteiger partial charge in [-0.1, -0.05) is 6.07 Å². The number of carbonyl (C=O) groups excluding carboxylic acids is 2. The van der Waals surface area contributed by atoms with E-state index in [0.717, 1.165) is 18.2 Å². The molecule has 0 spiro atoms. The molecule has 12 nitrogen and oxygen atoms in total. The summed E-state index contributed by atoms with van der Waals surface area (Å²) in [6.07, 6.45) is -1.03. The Balaban J connectivity index is 1.39. The first kappa shape index (κ1) is 20.4. The lowest BCUT2D eigenvalue weighted by Gasteiger charge is -2.18. The van der Waals surface area contributed by atoms with Crippen molar-refractivity contribution < 1.29 is 28.9 Å². The van der Waals surface area contributed by atoms with Crippen molar-refractivity contribution in [1.82, 2.24) is 5.43 Å². The van der Waals surface area contributed by atoms with Gasteiger partial charge in [-0.2, -0.15) is 5.10 Å². The van der Waals surface area contributed by atoms with Crippen molar-refractivity contribution in [2.75, 3.05) is 6.61 Å². The number of nitro groups is 2. The number of Topliss-reactive ketones (excluding diaryl/α,β-unsaturated/α-hetero) is 1. The van der Waals surface area contributed by atoms with Gasteiger partial charge in [0.2, 0.25) is 0 Å². The summed E-state index contributed by atoms with van der Waals surface area (Å²) in [5.41, 5.74) is 1.14. The highest BCUT2D eigenvalue weighted by molar-refractivity contribution is 7.12. The molecule has 5 atom stereocenters. The Morgan fingerprint density at radius 2 is 1.88 bits per heavy atom. The summed E-state index contributed by atoms with van der Waals surface area (Å²) in [6, 6.07) is 6.15. The van der Waals surface area contributed by atoms with E-state index in [1.807, 2.05) is 5.38 Å². The number of rotatable bonds is 6. The van der Waals surface area contributed by atoms with Crippen LogP contribution in [0, 0.1) is 38.0 Å². The van der Waals surface area contributed by atoms with Gasteiger partial charge in [-0.05, 0) is 11.4 Å². The molecule has 2 aromatic rings. The molecule has 2 aliphatic heterocycles. The lowest BCUT2D eigenvalue weighted by molar-refractivity contribution is -0.394. The van der Waals surface area contributed by atoms with E-state index >= 15 is 0 Å². The van der Waals surface area contributed by atoms with Gasteiger partial charge in [0.15, 0.2) is 12.1 Å². The molecular formula is C19H14N4O8S. The fourth-order valence-electron chi connectivity index (χ4n) is 4.28. The number of carbonyl (C=O) groups is 2. The van der Waals surface area contributed by atoms with E-state index in [9.17, 15) is 29.8 Å². The second kappa shape index (κ2) is 7.55. The van der Waals surface area contributed by atoms with E-state index in [2.05, 4.69) is 10.5 Å². The number of hydrazone groups is 1. The number of nitrogens with one attached hydrogen (secondary N) is 1. The summed E-state index contributed by atoms with van der Waals surface area (Å²) < 4.78 is 11.3. The molecule has 2 saturated heterocycles. The zero-order chi connectivity index (χ0) is 22.6. The molecule has 13 heteroatoms. The van der Waals surface area contributed by atoms with Crippen LogP contribution in [-0.2, 0) is 9.47 Å². The van der Waals surface area contributed by atoms with Crippen LogP contribution >= 0.6 is 11.3 Å². The third kappa shape index (κ3) is 3.36. The average molecular weight is 458 g/mol. The molecule has 3 fully saturated rings. The molecule has 1 amide bonds. The number of non-ortho nitro benzene ring substituents is 2. The lowest BCUT2D eigenvalue weighted by Crippen LogP contribution is -2.33. The SMILES string of the molecule is O=C(N/N=C1/[C@H]2OC[C@@H](O2)[C@@H]2[C@@H](C(=O)c3cccs3)[C@@H]12)c1cc([N+](=O)[O-])cc([N+](=O)[O-])c1. The van der Waals surface area contributed by atoms with Gasteiger partial charge in [-0.15, -0.1) is 11.3 Å². The molecule has 2 bridgehead atoms. The van der Waals surface area contributed by atoms with Crippen molar-refractivity contribution in [3.8, 4) is 0 Å². The van der Waals surface area contributed by atoms with E-state index in [1.165, 1.54) is 11.3 Å². The van der Waals surface area contributed by atoms with E-state index in [0.29, 0.717) is 17.2 Å². The van der Waals surface area contributed by atoms with Crippen molar-refractivity contribution in [2.24, 2.45) is 22.9 Å². The van der Waals surface area contributed by atoms with Gasteiger partial charge >= 0.3 is 0 Å². The number of hydrogen-bond donors (Lipinski definition) is 1. The highest BCUT2D eigenvalue weighted by Gasteiger charge is 2.67. The second-order valence-electron chi connectivity index (χ2n) is 7.54. The number of ketones is 1. The molecule has 3 heterocycles. The summed E-state index contributed by atoms with van der Waals surface area (Å²) >= 11 is 1.35. The Morgan fingerprint density at radius 3 is 2.50 bits per heavy atom. The number of ether oxygens (including phenoxy) is 2. The van der Waals surface area contributed by atoms with Crippen LogP contribution in [-0.4, -0.2) is 46.2 Å². The third-order valence-corrected chi connectivity index (χ3v) is 6.62. The summed E-state index contributed by atoms with van der Waals surface area (Å²) in [5.74, 6) is -1.59. The van der Waals surface area contributed by atoms with E-state index < -0.39 is 33.4 Å². The van der Waals surface area contributed by atoms with E-state index in [4.69, 9.17) is 9.47 Å². The highest BCUT2D eigenvalue weighted by Crippen LogP contribution is 2.57. The van der Waals surface area contributed by atoms with E-state index in [1.54, 1.807) is 12.1 Å². The fourth-order valence-corrected chi connectivity index (χ4v) is 4.99. The highest BCUT2D eigenvalue weighted by atomic mass is 32.1. The summed E-state index contributed by atoms with van der Waals surface area (Å²) in [6.45, 7) is 0.310. The predicted molar refractivity (Wildman–Crippen MR) is 108 cm³/mol. The number of nitrogens with zero attached hydrogens (tertiary/aromatic N) is 3. The van der Waals surface area contributed by atoms with Crippen LogP contribution in [0.15, 0.2) is 40.8 Å². The second-order valence-corrected chi connectivity index (χ2v) is 8.49. The molecule has 0 radical (unpaired) electrons. The van der Waals surface area contributed by atoms with Crippen LogP contribution in [0.4, 0.5) is 11.4 Å². The monoisotopic (exact) mass is 458 g/mol. The molecule has 0 unspecified atom stereocenters. The smallest absolute Gasteiger partial charge is 0.277 e. The van der Waals surface area contributed by atoms with E-state index in [-0.39, 0.29) is 35.2 Å². The molecule has 1 aromatic carbocycles. The average Bonchev–Trinajstić information content (AvgIpc) is 3.12. The number of benzene rings is 1. The molecule has 5 rings (SSSR count). The molecule has 1 N–H and O–H groups in total. The molecule has 1 aromatic heterocycles. The predicted octanol–water partition coefficient (Wildman–Crippen LogP) is 2.15. The Bertz CT molecular complexity index is 1150. The maximum atomic E-state index is 12.9. The van der Waals surface area contributed by atoms with Crippen LogP contribution in [0.25, 0.3) is 0 Å². The Labute approximate surface area is 183 Å². The Hall–Kier alpha value is -3.55. The first-order valence-electron chi connectivity index (χ1n) is 9.51. The van der Waals surface area contributed by atoms with Crippen molar-refractivity contribution in [3.63, 3.8) is 0 Å². The van der Waals surface area contributed by atoms with Gasteiger partial charge in [-0.25, -0.2) is 5.43 Å². The van der Waals surface area contributed by atoms with Gasteiger partial charge in [0.1, 0.15) is 0 Å². The van der Waals surface area contributed by atoms with Crippen molar-refractivity contribution in [2.45, 2.75) is 12.4 Å². The standard InChI is InChI=1S/C19H14N4O8S/c24-17(12-2-1-3-32-12)15-13-11-7-30-19(31-11)16(14(13)15)20-21-18(25)8-4-9(22(26)27)6-10(5-8)23(28)29/h1-6,11,13-15,19H,7H2,(H,21,25)/b20-16+/t11-,13+,14+,15-,19+/m1/s1. The summed E-state index contributed by atoms with van der Waals surface area (Å²) in [7, 11) is 0. The van der Waals surface area contributed by atoms with Crippen molar-refractivity contribution in [3.05, 3.63) is 66.4 Å². The fraction of sp³-hybridized carbons (Fsp3) is 0.316. The molecule has 32 heavy (non-hydrogen) atoms. The largest absolute Gasteiger partial charge is 0.344 e. The molecule has 3 aliphatic rings. The minimum atomic E-state index is -0.872. The molecule has 164 valence electrons. The van der Waals surface area contributed by atoms with Crippen LogP contribution in [0.2, 0.25) is 0 Å². The topological polar surface area (TPSA) is 163 Å². The quantitative estimate of drug-likeness (QED) is 0.391. The van der Waals surface area contributed by atoms with Crippen LogP contribution < -0.4 is 5.43 Å². The number of amides is 1. The van der Waals surface area contributed by atoms with Gasteiger partial charge in [-0.3, -0.25) is 29.8 Å².